The normalized spacial score (nSPS) is 11.4. The number of hydrogen-bond acceptors (Lipinski definition) is 4. The van der Waals surface area contributed by atoms with Crippen molar-refractivity contribution >= 4 is 15.9 Å². The molecule has 0 atom stereocenters. The van der Waals surface area contributed by atoms with Crippen molar-refractivity contribution in [1.29, 1.82) is 0 Å². The molecule has 8 heteroatoms. The average Bonchev–Trinajstić information content (AvgIpc) is 2.80. The number of nitrogens with zero attached hydrogens (tertiary/aromatic N) is 2. The maximum absolute atomic E-state index is 14.0. The molecule has 0 N–H and O–H groups in total. The predicted molar refractivity (Wildman–Crippen MR) is 120 cm³/mol. The van der Waals surface area contributed by atoms with Crippen molar-refractivity contribution in [1.82, 2.24) is 9.21 Å². The Kier molecular flexibility index (Phi) is 7.61. The summed E-state index contributed by atoms with van der Waals surface area (Å²) < 4.78 is 46.9. The number of methoxy groups -OCH3 is 1. The molecule has 6 nitrogen and oxygen atoms in total. The van der Waals surface area contributed by atoms with E-state index in [4.69, 9.17) is 4.74 Å². The Morgan fingerprint density at radius 2 is 1.53 bits per heavy atom. The molecule has 0 saturated carbocycles. The second kappa shape index (κ2) is 10.4. The van der Waals surface area contributed by atoms with Gasteiger partial charge in [-0.2, -0.15) is 4.31 Å². The summed E-state index contributed by atoms with van der Waals surface area (Å²) in [5, 5.41) is 0. The molecule has 32 heavy (non-hydrogen) atoms. The van der Waals surface area contributed by atoms with E-state index in [0.29, 0.717) is 11.3 Å². The van der Waals surface area contributed by atoms with Crippen LogP contribution in [-0.4, -0.2) is 44.2 Å². The van der Waals surface area contributed by atoms with Crippen LogP contribution in [0.25, 0.3) is 0 Å². The van der Waals surface area contributed by atoms with Crippen LogP contribution >= 0.6 is 0 Å². The number of carbonyl (C=O) groups excluding carboxylic acids is 1. The van der Waals surface area contributed by atoms with Gasteiger partial charge in [0.25, 0.3) is 0 Å². The van der Waals surface area contributed by atoms with E-state index in [1.54, 1.807) is 54.6 Å². The molecular weight excluding hydrogens is 431 g/mol. The fraction of sp³-hybridized carbons (Fsp3) is 0.208. The standard InChI is InChI=1S/C24H25FN2O4S/c1-26(17-20-10-6-7-11-23(20)25)24(28)18-27(16-19-8-4-3-5-9-19)32(29,30)22-14-12-21(31-2)13-15-22/h3-15H,16-18H2,1-2H3. The van der Waals surface area contributed by atoms with Gasteiger partial charge in [-0.05, 0) is 35.9 Å². The summed E-state index contributed by atoms with van der Waals surface area (Å²) in [5.74, 6) is -0.334. The van der Waals surface area contributed by atoms with Crippen LogP contribution in [0.4, 0.5) is 4.39 Å². The second-order valence-electron chi connectivity index (χ2n) is 7.28. The van der Waals surface area contributed by atoms with E-state index in [2.05, 4.69) is 0 Å². The molecule has 0 aliphatic carbocycles. The van der Waals surface area contributed by atoms with E-state index in [1.165, 1.54) is 37.3 Å². The highest BCUT2D eigenvalue weighted by Crippen LogP contribution is 2.22. The number of ether oxygens (including phenoxy) is 1. The van der Waals surface area contributed by atoms with E-state index >= 15 is 0 Å². The first-order valence-corrected chi connectivity index (χ1v) is 11.4. The quantitative estimate of drug-likeness (QED) is 0.493. The number of hydrogen-bond donors (Lipinski definition) is 0. The molecule has 0 aliphatic rings. The third-order valence-electron chi connectivity index (χ3n) is 5.00. The minimum absolute atomic E-state index is 0.0223. The molecular formula is C24H25FN2O4S. The van der Waals surface area contributed by atoms with Crippen molar-refractivity contribution in [3.63, 3.8) is 0 Å². The zero-order valence-corrected chi connectivity index (χ0v) is 18.8. The minimum Gasteiger partial charge on any atom is -0.497 e. The number of likely N-dealkylation sites (N-methyl/N-ethyl adjacent to an activating group) is 1. The summed E-state index contributed by atoms with van der Waals surface area (Å²) >= 11 is 0. The van der Waals surface area contributed by atoms with Gasteiger partial charge in [-0.25, -0.2) is 12.8 Å². The lowest BCUT2D eigenvalue weighted by molar-refractivity contribution is -0.130. The Morgan fingerprint density at radius 3 is 2.16 bits per heavy atom. The first-order chi connectivity index (χ1) is 15.3. The van der Waals surface area contributed by atoms with Crippen molar-refractivity contribution in [2.24, 2.45) is 0 Å². The monoisotopic (exact) mass is 456 g/mol. The van der Waals surface area contributed by atoms with Gasteiger partial charge in [-0.1, -0.05) is 48.5 Å². The maximum Gasteiger partial charge on any atom is 0.243 e. The zero-order valence-electron chi connectivity index (χ0n) is 17.9. The van der Waals surface area contributed by atoms with Gasteiger partial charge in [0.15, 0.2) is 0 Å². The van der Waals surface area contributed by atoms with Crippen LogP contribution in [0, 0.1) is 5.82 Å². The molecule has 0 fully saturated rings. The van der Waals surface area contributed by atoms with Crippen LogP contribution < -0.4 is 4.74 Å². The van der Waals surface area contributed by atoms with Gasteiger partial charge in [0.05, 0.1) is 18.6 Å². The van der Waals surface area contributed by atoms with E-state index in [0.717, 1.165) is 9.87 Å². The Bertz CT molecular complexity index is 1150. The third kappa shape index (κ3) is 5.72. The second-order valence-corrected chi connectivity index (χ2v) is 9.21. The smallest absolute Gasteiger partial charge is 0.243 e. The SMILES string of the molecule is COc1ccc(S(=O)(=O)N(CC(=O)N(C)Cc2ccccc2F)Cc2ccccc2)cc1. The lowest BCUT2D eigenvalue weighted by Crippen LogP contribution is -2.41. The zero-order chi connectivity index (χ0) is 23.1. The number of rotatable bonds is 9. The molecule has 3 aromatic carbocycles. The average molecular weight is 457 g/mol. The topological polar surface area (TPSA) is 66.9 Å². The molecule has 0 unspecified atom stereocenters. The third-order valence-corrected chi connectivity index (χ3v) is 6.81. The highest BCUT2D eigenvalue weighted by Gasteiger charge is 2.28. The Labute approximate surface area is 187 Å². The van der Waals surface area contributed by atoms with Crippen molar-refractivity contribution in [3.8, 4) is 5.75 Å². The van der Waals surface area contributed by atoms with Crippen LogP contribution in [-0.2, 0) is 27.9 Å². The molecule has 0 radical (unpaired) electrons. The Morgan fingerprint density at radius 1 is 0.906 bits per heavy atom. The lowest BCUT2D eigenvalue weighted by atomic mass is 10.2. The molecule has 3 aromatic rings. The largest absolute Gasteiger partial charge is 0.497 e. The highest BCUT2D eigenvalue weighted by molar-refractivity contribution is 7.89. The van der Waals surface area contributed by atoms with Gasteiger partial charge in [0, 0.05) is 25.7 Å². The predicted octanol–water partition coefficient (Wildman–Crippen LogP) is 3.68. The van der Waals surface area contributed by atoms with Crippen LogP contribution in [0.2, 0.25) is 0 Å². The van der Waals surface area contributed by atoms with Gasteiger partial charge < -0.3 is 9.64 Å². The molecule has 0 aliphatic heterocycles. The van der Waals surface area contributed by atoms with E-state index in [9.17, 15) is 17.6 Å². The number of carbonyl (C=O) groups is 1. The molecule has 3 rings (SSSR count). The molecule has 0 spiro atoms. The molecule has 0 aromatic heterocycles. The minimum atomic E-state index is -3.98. The van der Waals surface area contributed by atoms with E-state index < -0.39 is 21.7 Å². The molecule has 0 heterocycles. The summed E-state index contributed by atoms with van der Waals surface area (Å²) in [7, 11) is -0.959. The summed E-state index contributed by atoms with van der Waals surface area (Å²) in [6.45, 7) is -0.323. The van der Waals surface area contributed by atoms with Gasteiger partial charge in [0.1, 0.15) is 11.6 Å². The van der Waals surface area contributed by atoms with Crippen molar-refractivity contribution in [2.75, 3.05) is 20.7 Å². The maximum atomic E-state index is 14.0. The Balaban J connectivity index is 1.85. The first-order valence-electron chi connectivity index (χ1n) is 9.97. The summed E-state index contributed by atoms with van der Waals surface area (Å²) in [6.07, 6.45) is 0. The van der Waals surface area contributed by atoms with E-state index in [1.807, 2.05) is 6.07 Å². The van der Waals surface area contributed by atoms with Gasteiger partial charge in [0.2, 0.25) is 15.9 Å². The summed E-state index contributed by atoms with van der Waals surface area (Å²) in [6, 6.07) is 21.2. The van der Waals surface area contributed by atoms with Gasteiger partial charge in [-0.15, -0.1) is 0 Å². The number of benzene rings is 3. The number of halogens is 1. The summed E-state index contributed by atoms with van der Waals surface area (Å²) in [4.78, 5) is 14.3. The van der Waals surface area contributed by atoms with Gasteiger partial charge >= 0.3 is 0 Å². The molecule has 0 bridgehead atoms. The molecule has 1 amide bonds. The van der Waals surface area contributed by atoms with Crippen LogP contribution in [0.15, 0.2) is 83.8 Å². The van der Waals surface area contributed by atoms with Crippen LogP contribution in [0.3, 0.4) is 0 Å². The number of amides is 1. The van der Waals surface area contributed by atoms with Crippen LogP contribution in [0.1, 0.15) is 11.1 Å². The van der Waals surface area contributed by atoms with E-state index in [-0.39, 0.29) is 24.5 Å². The molecule has 0 saturated heterocycles. The number of sulfonamides is 1. The fourth-order valence-electron chi connectivity index (χ4n) is 3.15. The van der Waals surface area contributed by atoms with Crippen molar-refractivity contribution in [3.05, 3.63) is 95.8 Å². The Hall–Kier alpha value is -3.23. The summed E-state index contributed by atoms with van der Waals surface area (Å²) in [5.41, 5.74) is 1.10. The molecule has 168 valence electrons. The lowest BCUT2D eigenvalue weighted by Gasteiger charge is -2.25. The van der Waals surface area contributed by atoms with Crippen molar-refractivity contribution in [2.45, 2.75) is 18.0 Å². The first kappa shape index (κ1) is 23.4. The fourth-order valence-corrected chi connectivity index (χ4v) is 4.53. The van der Waals surface area contributed by atoms with Crippen molar-refractivity contribution < 1.29 is 22.3 Å². The van der Waals surface area contributed by atoms with Gasteiger partial charge in [-0.3, -0.25) is 4.79 Å². The van der Waals surface area contributed by atoms with Crippen LogP contribution in [0.5, 0.6) is 5.75 Å². The highest BCUT2D eigenvalue weighted by atomic mass is 32.2.